The lowest BCUT2D eigenvalue weighted by Crippen LogP contribution is -1.59. The van der Waals surface area contributed by atoms with E-state index in [0.717, 1.165) is 0 Å². The van der Waals surface area contributed by atoms with Crippen LogP contribution in [-0.4, -0.2) is 0 Å². The first-order valence-corrected chi connectivity index (χ1v) is 2.12. The molecule has 0 aliphatic carbocycles. The van der Waals surface area contributed by atoms with Crippen molar-refractivity contribution in [1.29, 1.82) is 0 Å². The molecule has 0 saturated heterocycles. The maximum absolute atomic E-state index is 9.58. The Labute approximate surface area is 48.2 Å². The van der Waals surface area contributed by atoms with E-state index in [1.165, 1.54) is 6.08 Å². The van der Waals surface area contributed by atoms with Gasteiger partial charge >= 0.3 is 0 Å². The first-order valence-electron chi connectivity index (χ1n) is 2.12. The highest BCUT2D eigenvalue weighted by Gasteiger charge is 1.76. The Morgan fingerprint density at radius 3 is 2.62 bits per heavy atom. The normalized spacial score (nSPS) is 9.00. The maximum Gasteiger partial charge on any atom is 0.100 e. The topological polar surface area (TPSA) is 29.4 Å². The summed E-state index contributed by atoms with van der Waals surface area (Å²) >= 11 is 0. The van der Waals surface area contributed by atoms with E-state index >= 15 is 0 Å². The lowest BCUT2D eigenvalue weighted by Gasteiger charge is -1.75. The van der Waals surface area contributed by atoms with Crippen molar-refractivity contribution in [2.45, 2.75) is 0 Å². The molecule has 0 rings (SSSR count). The van der Waals surface area contributed by atoms with Crippen molar-refractivity contribution >= 4 is 0 Å². The number of nitrogens with zero attached hydrogens (tertiary/aromatic N) is 1. The Kier molecular flexibility index (Phi) is 3.40. The summed E-state index contributed by atoms with van der Waals surface area (Å²) in [4.78, 5) is 9.58. The standard InChI is InChI=1S/C6H7NO/c1-3-4-5-6(2)7-8/h3-5H,1-2H2/b5-4-. The first-order chi connectivity index (χ1) is 3.81. The lowest BCUT2D eigenvalue weighted by molar-refractivity contribution is 1.41. The molecule has 0 bridgehead atoms. The van der Waals surface area contributed by atoms with Crippen LogP contribution in [0.3, 0.4) is 0 Å². The minimum absolute atomic E-state index is 0.213. The summed E-state index contributed by atoms with van der Waals surface area (Å²) in [5.41, 5.74) is 0.213. The van der Waals surface area contributed by atoms with Crippen LogP contribution in [0.1, 0.15) is 0 Å². The molecule has 2 nitrogen and oxygen atoms in total. The highest BCUT2D eigenvalue weighted by Crippen LogP contribution is 1.91. The van der Waals surface area contributed by atoms with Gasteiger partial charge in [0.1, 0.15) is 5.70 Å². The van der Waals surface area contributed by atoms with Gasteiger partial charge < -0.3 is 0 Å². The van der Waals surface area contributed by atoms with Gasteiger partial charge in [0.2, 0.25) is 0 Å². The predicted octanol–water partition coefficient (Wildman–Crippen LogP) is 2.01. The molecule has 0 saturated carbocycles. The van der Waals surface area contributed by atoms with Gasteiger partial charge in [0.15, 0.2) is 0 Å². The van der Waals surface area contributed by atoms with E-state index in [0.29, 0.717) is 0 Å². The van der Waals surface area contributed by atoms with Gasteiger partial charge in [-0.2, -0.15) is 0 Å². The summed E-state index contributed by atoms with van der Waals surface area (Å²) in [6, 6.07) is 0. The van der Waals surface area contributed by atoms with E-state index in [9.17, 15) is 4.91 Å². The Morgan fingerprint density at radius 1 is 1.62 bits per heavy atom. The average Bonchev–Trinajstić information content (AvgIpc) is 1.83. The Morgan fingerprint density at radius 2 is 2.25 bits per heavy atom. The van der Waals surface area contributed by atoms with Crippen molar-refractivity contribution in [3.8, 4) is 0 Å². The number of hydrogen-bond acceptors (Lipinski definition) is 2. The zero-order chi connectivity index (χ0) is 6.41. The van der Waals surface area contributed by atoms with E-state index in [1.807, 2.05) is 0 Å². The Hall–Kier alpha value is -1.18. The molecule has 0 atom stereocenters. The van der Waals surface area contributed by atoms with Crippen molar-refractivity contribution < 1.29 is 0 Å². The summed E-state index contributed by atoms with van der Waals surface area (Å²) in [5.74, 6) is 0. The van der Waals surface area contributed by atoms with E-state index in [1.54, 1.807) is 12.2 Å². The smallest absolute Gasteiger partial charge is 0.100 e. The SMILES string of the molecule is C=C/C=C\C(=C)N=O. The minimum Gasteiger partial charge on any atom is -0.145 e. The van der Waals surface area contributed by atoms with Gasteiger partial charge in [0.05, 0.1) is 0 Å². The molecule has 0 heterocycles. The van der Waals surface area contributed by atoms with Gasteiger partial charge in [-0.3, -0.25) is 0 Å². The van der Waals surface area contributed by atoms with E-state index in [-0.39, 0.29) is 5.70 Å². The maximum atomic E-state index is 9.58. The predicted molar refractivity (Wildman–Crippen MR) is 34.3 cm³/mol. The average molecular weight is 109 g/mol. The second-order valence-electron chi connectivity index (χ2n) is 1.18. The third kappa shape index (κ3) is 3.03. The van der Waals surface area contributed by atoms with Crippen molar-refractivity contribution in [3.05, 3.63) is 42.0 Å². The van der Waals surface area contributed by atoms with Crippen molar-refractivity contribution in [2.75, 3.05) is 0 Å². The molecule has 0 fully saturated rings. The van der Waals surface area contributed by atoms with Gasteiger partial charge in [-0.25, -0.2) is 0 Å². The fraction of sp³-hybridized carbons (Fsp3) is 0. The van der Waals surface area contributed by atoms with Gasteiger partial charge in [0, 0.05) is 0 Å². The summed E-state index contributed by atoms with van der Waals surface area (Å²) in [5, 5.41) is 2.55. The molecule has 0 aromatic heterocycles. The van der Waals surface area contributed by atoms with Crippen LogP contribution in [0.4, 0.5) is 0 Å². The molecule has 42 valence electrons. The highest BCUT2D eigenvalue weighted by atomic mass is 16.3. The first kappa shape index (κ1) is 6.82. The van der Waals surface area contributed by atoms with Gasteiger partial charge in [0.25, 0.3) is 0 Å². The van der Waals surface area contributed by atoms with E-state index < -0.39 is 0 Å². The second kappa shape index (κ2) is 3.99. The largest absolute Gasteiger partial charge is 0.145 e. The van der Waals surface area contributed by atoms with Gasteiger partial charge in [-0.05, 0) is 11.3 Å². The zero-order valence-corrected chi connectivity index (χ0v) is 4.50. The molecule has 8 heavy (non-hydrogen) atoms. The summed E-state index contributed by atoms with van der Waals surface area (Å²) in [6.45, 7) is 6.69. The van der Waals surface area contributed by atoms with Gasteiger partial charge in [-0.1, -0.05) is 25.3 Å². The zero-order valence-electron chi connectivity index (χ0n) is 4.50. The number of allylic oxidation sites excluding steroid dienone is 3. The van der Waals surface area contributed by atoms with Crippen LogP contribution in [0.15, 0.2) is 42.3 Å². The van der Waals surface area contributed by atoms with Crippen LogP contribution in [0, 0.1) is 4.91 Å². The third-order valence-corrected chi connectivity index (χ3v) is 0.542. The van der Waals surface area contributed by atoms with Crippen LogP contribution >= 0.6 is 0 Å². The van der Waals surface area contributed by atoms with Gasteiger partial charge in [-0.15, -0.1) is 4.91 Å². The molecule has 0 aromatic carbocycles. The molecule has 0 radical (unpaired) electrons. The highest BCUT2D eigenvalue weighted by molar-refractivity contribution is 5.16. The monoisotopic (exact) mass is 109 g/mol. The van der Waals surface area contributed by atoms with E-state index in [4.69, 9.17) is 0 Å². The van der Waals surface area contributed by atoms with Crippen molar-refractivity contribution in [1.82, 2.24) is 0 Å². The molecule has 0 aromatic rings. The molecule has 0 aliphatic rings. The molecule has 0 spiro atoms. The molecule has 0 amide bonds. The summed E-state index contributed by atoms with van der Waals surface area (Å²) < 4.78 is 0. The molecular weight excluding hydrogens is 102 g/mol. The second-order valence-corrected chi connectivity index (χ2v) is 1.18. The van der Waals surface area contributed by atoms with Crippen LogP contribution in [0.2, 0.25) is 0 Å². The molecular formula is C6H7NO. The molecule has 0 N–H and O–H groups in total. The minimum atomic E-state index is 0.213. The van der Waals surface area contributed by atoms with Crippen LogP contribution in [-0.2, 0) is 0 Å². The summed E-state index contributed by atoms with van der Waals surface area (Å²) in [6.07, 6.45) is 4.64. The van der Waals surface area contributed by atoms with Crippen LogP contribution in [0.5, 0.6) is 0 Å². The van der Waals surface area contributed by atoms with Crippen molar-refractivity contribution in [3.63, 3.8) is 0 Å². The lowest BCUT2D eigenvalue weighted by atomic mass is 10.4. The fourth-order valence-corrected chi connectivity index (χ4v) is 0.210. The van der Waals surface area contributed by atoms with Crippen LogP contribution in [0.25, 0.3) is 0 Å². The molecule has 0 aliphatic heterocycles. The molecule has 0 unspecified atom stereocenters. The van der Waals surface area contributed by atoms with Crippen molar-refractivity contribution in [2.24, 2.45) is 5.18 Å². The quantitative estimate of drug-likeness (QED) is 0.402. The number of hydrogen-bond donors (Lipinski definition) is 0. The third-order valence-electron chi connectivity index (χ3n) is 0.542. The Balaban J connectivity index is 3.69. The van der Waals surface area contributed by atoms with Crippen LogP contribution < -0.4 is 0 Å². The fourth-order valence-electron chi connectivity index (χ4n) is 0.210. The number of rotatable bonds is 3. The van der Waals surface area contributed by atoms with E-state index in [2.05, 4.69) is 18.3 Å². The molecule has 2 heteroatoms. The summed E-state index contributed by atoms with van der Waals surface area (Å²) in [7, 11) is 0. The number of nitroso groups, excluding NO2 is 1. The Bertz CT molecular complexity index is 135.